The second-order valence-electron chi connectivity index (χ2n) is 5.74. The number of allylic oxidation sites excluding steroid dienone is 2. The lowest BCUT2D eigenvalue weighted by molar-refractivity contribution is 0.0887. The Morgan fingerprint density at radius 1 is 1.18 bits per heavy atom. The molecule has 2 heteroatoms. The first-order valence-corrected chi connectivity index (χ1v) is 7.41. The Labute approximate surface area is 107 Å². The molecule has 2 nitrogen and oxygen atoms in total. The molecule has 0 N–H and O–H groups in total. The van der Waals surface area contributed by atoms with Crippen LogP contribution in [0.25, 0.3) is 0 Å². The zero-order valence-electron chi connectivity index (χ0n) is 11.6. The Hall–Kier alpha value is -0.340. The summed E-state index contributed by atoms with van der Waals surface area (Å²) < 4.78 is 0. The Bertz CT molecular complexity index is 241. The maximum absolute atomic E-state index is 2.68. The first-order chi connectivity index (χ1) is 8.29. The predicted octanol–water partition coefficient (Wildman–Crippen LogP) is 2.76. The molecule has 2 rings (SSSR count). The molecular weight excluding hydrogens is 208 g/mol. The highest BCUT2D eigenvalue weighted by Gasteiger charge is 2.22. The van der Waals surface area contributed by atoms with Gasteiger partial charge in [0, 0.05) is 38.8 Å². The van der Waals surface area contributed by atoms with Gasteiger partial charge in [-0.3, -0.25) is 4.90 Å². The van der Waals surface area contributed by atoms with Crippen LogP contribution in [-0.2, 0) is 0 Å². The summed E-state index contributed by atoms with van der Waals surface area (Å²) in [6.07, 6.45) is 10.0. The Balaban J connectivity index is 1.70. The average Bonchev–Trinajstić information content (AvgIpc) is 2.40. The normalized spacial score (nSPS) is 29.4. The molecule has 98 valence electrons. The van der Waals surface area contributed by atoms with Gasteiger partial charge in [-0.05, 0) is 38.5 Å². The molecule has 0 aromatic carbocycles. The highest BCUT2D eigenvalue weighted by Crippen LogP contribution is 2.20. The summed E-state index contributed by atoms with van der Waals surface area (Å²) in [5.74, 6) is 0.926. The van der Waals surface area contributed by atoms with Crippen LogP contribution in [0.3, 0.4) is 0 Å². The van der Waals surface area contributed by atoms with Crippen LogP contribution in [0.4, 0.5) is 0 Å². The first kappa shape index (κ1) is 13.1. The van der Waals surface area contributed by atoms with Crippen molar-refractivity contribution in [3.05, 3.63) is 12.2 Å². The molecule has 0 unspecified atom stereocenters. The van der Waals surface area contributed by atoms with E-state index in [4.69, 9.17) is 0 Å². The van der Waals surface area contributed by atoms with Gasteiger partial charge >= 0.3 is 0 Å². The van der Waals surface area contributed by atoms with Crippen LogP contribution in [-0.4, -0.2) is 48.6 Å². The molecule has 1 aliphatic carbocycles. The summed E-state index contributed by atoms with van der Waals surface area (Å²) in [6, 6.07) is 0.773. The molecule has 0 bridgehead atoms. The molecule has 1 fully saturated rings. The lowest BCUT2D eigenvalue weighted by Crippen LogP contribution is -2.50. The zero-order valence-corrected chi connectivity index (χ0v) is 11.6. The van der Waals surface area contributed by atoms with E-state index in [1.165, 1.54) is 58.4 Å². The predicted molar refractivity (Wildman–Crippen MR) is 74.2 cm³/mol. The molecule has 0 aromatic heterocycles. The van der Waals surface area contributed by atoms with Crippen molar-refractivity contribution in [2.45, 2.75) is 45.6 Å². The van der Waals surface area contributed by atoms with E-state index in [2.05, 4.69) is 35.8 Å². The molecule has 0 saturated carbocycles. The van der Waals surface area contributed by atoms with Gasteiger partial charge in [-0.15, -0.1) is 0 Å². The van der Waals surface area contributed by atoms with Crippen molar-refractivity contribution in [3.8, 4) is 0 Å². The largest absolute Gasteiger partial charge is 0.301 e. The van der Waals surface area contributed by atoms with Crippen LogP contribution in [0.5, 0.6) is 0 Å². The van der Waals surface area contributed by atoms with E-state index < -0.39 is 0 Å². The lowest BCUT2D eigenvalue weighted by atomic mass is 9.94. The second-order valence-corrected chi connectivity index (χ2v) is 5.74. The zero-order chi connectivity index (χ0) is 12.1. The smallest absolute Gasteiger partial charge is 0.0113 e. The van der Waals surface area contributed by atoms with Gasteiger partial charge < -0.3 is 4.90 Å². The van der Waals surface area contributed by atoms with Gasteiger partial charge in [-0.25, -0.2) is 0 Å². The van der Waals surface area contributed by atoms with Gasteiger partial charge in [-0.1, -0.05) is 19.1 Å². The molecule has 0 aromatic rings. The quantitative estimate of drug-likeness (QED) is 0.693. The summed E-state index contributed by atoms with van der Waals surface area (Å²) in [5.41, 5.74) is 0. The summed E-state index contributed by atoms with van der Waals surface area (Å²) in [6.45, 7) is 11.1. The number of rotatable bonds is 4. The maximum Gasteiger partial charge on any atom is 0.0113 e. The highest BCUT2D eigenvalue weighted by molar-refractivity contribution is 4.91. The molecule has 1 heterocycles. The van der Waals surface area contributed by atoms with Crippen molar-refractivity contribution >= 4 is 0 Å². The molecule has 1 saturated heterocycles. The van der Waals surface area contributed by atoms with Crippen molar-refractivity contribution in [2.24, 2.45) is 5.92 Å². The van der Waals surface area contributed by atoms with Crippen molar-refractivity contribution in [3.63, 3.8) is 0 Å². The second kappa shape index (κ2) is 6.55. The summed E-state index contributed by atoms with van der Waals surface area (Å²) >= 11 is 0. The summed E-state index contributed by atoms with van der Waals surface area (Å²) in [7, 11) is 0. The number of nitrogens with zero attached hydrogens (tertiary/aromatic N) is 2. The minimum absolute atomic E-state index is 0.773. The summed E-state index contributed by atoms with van der Waals surface area (Å²) in [4.78, 5) is 5.33. The SMILES string of the molecule is CC[C@@H](C)N1CCN(C[C@@H]2CC=CCC2)CC1. The standard InChI is InChI=1S/C15H28N2/c1-3-14(2)17-11-9-16(10-12-17)13-15-7-5-4-6-8-15/h4-5,14-15H,3,6-13H2,1-2H3/t14-,15-/m1/s1. The minimum Gasteiger partial charge on any atom is -0.301 e. The number of hydrogen-bond acceptors (Lipinski definition) is 2. The van der Waals surface area contributed by atoms with Crippen molar-refractivity contribution in [1.29, 1.82) is 0 Å². The van der Waals surface area contributed by atoms with Gasteiger partial charge in [0.2, 0.25) is 0 Å². The lowest BCUT2D eigenvalue weighted by Gasteiger charge is -2.39. The molecule has 0 amide bonds. The van der Waals surface area contributed by atoms with E-state index in [1.807, 2.05) is 0 Å². The van der Waals surface area contributed by atoms with Gasteiger partial charge in [0.05, 0.1) is 0 Å². The van der Waals surface area contributed by atoms with Crippen molar-refractivity contribution in [1.82, 2.24) is 9.80 Å². The number of hydrogen-bond donors (Lipinski definition) is 0. The number of piperazine rings is 1. The van der Waals surface area contributed by atoms with E-state index in [0.29, 0.717) is 0 Å². The molecule has 17 heavy (non-hydrogen) atoms. The van der Waals surface area contributed by atoms with Crippen LogP contribution in [0.2, 0.25) is 0 Å². The van der Waals surface area contributed by atoms with Gasteiger partial charge in [0.15, 0.2) is 0 Å². The maximum atomic E-state index is 2.68. The molecular formula is C15H28N2. The molecule has 2 aliphatic rings. The third-order valence-electron chi connectivity index (χ3n) is 4.52. The fourth-order valence-corrected chi connectivity index (χ4v) is 3.03. The van der Waals surface area contributed by atoms with Crippen molar-refractivity contribution in [2.75, 3.05) is 32.7 Å². The Kier molecular flexibility index (Phi) is 5.05. The van der Waals surface area contributed by atoms with Crippen LogP contribution < -0.4 is 0 Å². The highest BCUT2D eigenvalue weighted by atomic mass is 15.3. The van der Waals surface area contributed by atoms with Crippen molar-refractivity contribution < 1.29 is 0 Å². The molecule has 0 radical (unpaired) electrons. The van der Waals surface area contributed by atoms with Gasteiger partial charge in [0.25, 0.3) is 0 Å². The van der Waals surface area contributed by atoms with Crippen LogP contribution in [0.15, 0.2) is 12.2 Å². The average molecular weight is 236 g/mol. The first-order valence-electron chi connectivity index (χ1n) is 7.41. The van der Waals surface area contributed by atoms with Crippen LogP contribution in [0, 0.1) is 5.92 Å². The fourth-order valence-electron chi connectivity index (χ4n) is 3.03. The third kappa shape index (κ3) is 3.82. The van der Waals surface area contributed by atoms with Crippen LogP contribution in [0.1, 0.15) is 39.5 Å². The fraction of sp³-hybridized carbons (Fsp3) is 0.867. The molecule has 0 spiro atoms. The van der Waals surface area contributed by atoms with Gasteiger partial charge in [0.1, 0.15) is 0 Å². The third-order valence-corrected chi connectivity index (χ3v) is 4.52. The van der Waals surface area contributed by atoms with Gasteiger partial charge in [-0.2, -0.15) is 0 Å². The monoisotopic (exact) mass is 236 g/mol. The van der Waals surface area contributed by atoms with E-state index in [-0.39, 0.29) is 0 Å². The van der Waals surface area contributed by atoms with E-state index in [1.54, 1.807) is 0 Å². The van der Waals surface area contributed by atoms with E-state index in [9.17, 15) is 0 Å². The van der Waals surface area contributed by atoms with E-state index >= 15 is 0 Å². The topological polar surface area (TPSA) is 6.48 Å². The Morgan fingerprint density at radius 2 is 1.94 bits per heavy atom. The van der Waals surface area contributed by atoms with Crippen LogP contribution >= 0.6 is 0 Å². The minimum atomic E-state index is 0.773. The Morgan fingerprint density at radius 3 is 2.53 bits per heavy atom. The van der Waals surface area contributed by atoms with E-state index in [0.717, 1.165) is 12.0 Å². The molecule has 1 aliphatic heterocycles. The molecule has 2 atom stereocenters. The summed E-state index contributed by atoms with van der Waals surface area (Å²) in [5, 5.41) is 0.